The van der Waals surface area contributed by atoms with Crippen molar-refractivity contribution in [2.24, 2.45) is 4.99 Å². The Morgan fingerprint density at radius 3 is 2.35 bits per heavy atom. The topological polar surface area (TPSA) is 56.7 Å². The Kier molecular flexibility index (Phi) is 9.93. The molecule has 1 aromatic rings. The molecule has 0 aliphatic rings. The molecule has 0 heterocycles. The molecule has 0 aliphatic heterocycles. The van der Waals surface area contributed by atoms with Crippen molar-refractivity contribution in [3.05, 3.63) is 35.4 Å². The SMILES string of the molecule is C#CCNC(=NCC(O)c1ccc(C(C)(C)C)cc1)NCC.I. The molecule has 128 valence electrons. The number of halogens is 1. The fraction of sp³-hybridized carbons (Fsp3) is 0.500. The van der Waals surface area contributed by atoms with Crippen LogP contribution in [0.25, 0.3) is 0 Å². The average molecular weight is 429 g/mol. The molecule has 23 heavy (non-hydrogen) atoms. The van der Waals surface area contributed by atoms with Gasteiger partial charge in [0.25, 0.3) is 0 Å². The van der Waals surface area contributed by atoms with E-state index in [0.29, 0.717) is 12.5 Å². The minimum Gasteiger partial charge on any atom is -0.386 e. The molecule has 1 aromatic carbocycles. The first-order chi connectivity index (χ1) is 10.4. The van der Waals surface area contributed by atoms with Gasteiger partial charge in [-0.3, -0.25) is 4.99 Å². The van der Waals surface area contributed by atoms with Crippen LogP contribution < -0.4 is 10.6 Å². The van der Waals surface area contributed by atoms with Crippen LogP contribution >= 0.6 is 24.0 Å². The van der Waals surface area contributed by atoms with E-state index in [1.165, 1.54) is 5.56 Å². The summed E-state index contributed by atoms with van der Waals surface area (Å²) in [5.41, 5.74) is 2.22. The van der Waals surface area contributed by atoms with Crippen LogP contribution in [0.3, 0.4) is 0 Å². The lowest BCUT2D eigenvalue weighted by molar-refractivity contribution is 0.187. The van der Waals surface area contributed by atoms with Gasteiger partial charge in [-0.05, 0) is 23.5 Å². The van der Waals surface area contributed by atoms with E-state index in [2.05, 4.69) is 54.5 Å². The van der Waals surface area contributed by atoms with E-state index in [1.54, 1.807) is 0 Å². The monoisotopic (exact) mass is 429 g/mol. The Labute approximate surface area is 157 Å². The number of guanidine groups is 1. The molecule has 1 rings (SSSR count). The van der Waals surface area contributed by atoms with E-state index in [-0.39, 0.29) is 35.9 Å². The van der Waals surface area contributed by atoms with Gasteiger partial charge in [0.15, 0.2) is 5.96 Å². The first-order valence-electron chi connectivity index (χ1n) is 7.62. The number of aliphatic hydroxyl groups is 1. The standard InChI is InChI=1S/C18H27N3O.HI/c1-6-12-20-17(19-7-2)21-13-16(22)14-8-10-15(11-9-14)18(3,4)5;/h1,8-11,16,22H,7,12-13H2,2-5H3,(H2,19,20,21);1H. The summed E-state index contributed by atoms with van der Waals surface area (Å²) in [6.07, 6.45) is 4.60. The van der Waals surface area contributed by atoms with Gasteiger partial charge in [-0.1, -0.05) is 51.0 Å². The molecule has 1 unspecified atom stereocenters. The molecule has 0 saturated heterocycles. The van der Waals surface area contributed by atoms with E-state index in [0.717, 1.165) is 12.1 Å². The summed E-state index contributed by atoms with van der Waals surface area (Å²) < 4.78 is 0. The van der Waals surface area contributed by atoms with Crippen LogP contribution in [0.2, 0.25) is 0 Å². The molecule has 5 heteroatoms. The van der Waals surface area contributed by atoms with Crippen LogP contribution in [0.15, 0.2) is 29.3 Å². The van der Waals surface area contributed by atoms with Crippen molar-refractivity contribution in [1.82, 2.24) is 10.6 Å². The third-order valence-corrected chi connectivity index (χ3v) is 3.29. The van der Waals surface area contributed by atoms with Crippen molar-refractivity contribution in [2.45, 2.75) is 39.2 Å². The third-order valence-electron chi connectivity index (χ3n) is 3.29. The molecule has 0 aromatic heterocycles. The van der Waals surface area contributed by atoms with Gasteiger partial charge in [0.1, 0.15) is 0 Å². The number of aliphatic imine (C=N–C) groups is 1. The molecule has 0 radical (unpaired) electrons. The number of nitrogens with zero attached hydrogens (tertiary/aromatic N) is 1. The van der Waals surface area contributed by atoms with E-state index < -0.39 is 6.10 Å². The van der Waals surface area contributed by atoms with Crippen molar-refractivity contribution in [3.8, 4) is 12.3 Å². The Bertz CT molecular complexity index is 527. The fourth-order valence-electron chi connectivity index (χ4n) is 1.96. The quantitative estimate of drug-likeness (QED) is 0.292. The number of terminal acetylenes is 1. The predicted molar refractivity (Wildman–Crippen MR) is 108 cm³/mol. The van der Waals surface area contributed by atoms with Gasteiger partial charge in [-0.15, -0.1) is 30.4 Å². The minimum absolute atomic E-state index is 0. The predicted octanol–water partition coefficient (Wildman–Crippen LogP) is 2.82. The van der Waals surface area contributed by atoms with Crippen molar-refractivity contribution < 1.29 is 5.11 Å². The van der Waals surface area contributed by atoms with E-state index >= 15 is 0 Å². The Morgan fingerprint density at radius 1 is 1.26 bits per heavy atom. The summed E-state index contributed by atoms with van der Waals surface area (Å²) in [5.74, 6) is 3.12. The zero-order valence-electron chi connectivity index (χ0n) is 14.4. The Morgan fingerprint density at radius 2 is 1.87 bits per heavy atom. The van der Waals surface area contributed by atoms with Crippen LogP contribution in [0.5, 0.6) is 0 Å². The number of nitrogens with one attached hydrogen (secondary N) is 2. The summed E-state index contributed by atoms with van der Waals surface area (Å²) in [7, 11) is 0. The maximum Gasteiger partial charge on any atom is 0.192 e. The molecule has 0 amide bonds. The highest BCUT2D eigenvalue weighted by molar-refractivity contribution is 14.0. The van der Waals surface area contributed by atoms with Gasteiger partial charge in [0.05, 0.1) is 19.2 Å². The zero-order chi connectivity index (χ0) is 16.6. The summed E-state index contributed by atoms with van der Waals surface area (Å²) in [6, 6.07) is 8.04. The van der Waals surface area contributed by atoms with Crippen LogP contribution in [0, 0.1) is 12.3 Å². The fourth-order valence-corrected chi connectivity index (χ4v) is 1.96. The molecule has 0 saturated carbocycles. The van der Waals surface area contributed by atoms with Crippen LogP contribution in [-0.4, -0.2) is 30.7 Å². The van der Waals surface area contributed by atoms with Gasteiger partial charge in [0, 0.05) is 6.54 Å². The van der Waals surface area contributed by atoms with Crippen molar-refractivity contribution in [2.75, 3.05) is 19.6 Å². The second kappa shape index (κ2) is 10.5. The Hall–Kier alpha value is -1.26. The van der Waals surface area contributed by atoms with Crippen LogP contribution in [0.4, 0.5) is 0 Å². The lowest BCUT2D eigenvalue weighted by Gasteiger charge is -2.20. The van der Waals surface area contributed by atoms with Crippen LogP contribution in [-0.2, 0) is 5.41 Å². The van der Waals surface area contributed by atoms with Gasteiger partial charge in [-0.25, -0.2) is 0 Å². The van der Waals surface area contributed by atoms with Crippen molar-refractivity contribution >= 4 is 29.9 Å². The van der Waals surface area contributed by atoms with Crippen molar-refractivity contribution in [1.29, 1.82) is 0 Å². The van der Waals surface area contributed by atoms with E-state index in [1.807, 2.05) is 19.1 Å². The number of benzene rings is 1. The number of hydrogen-bond acceptors (Lipinski definition) is 2. The highest BCUT2D eigenvalue weighted by atomic mass is 127. The molecule has 3 N–H and O–H groups in total. The van der Waals surface area contributed by atoms with E-state index in [9.17, 15) is 5.11 Å². The van der Waals surface area contributed by atoms with Crippen LogP contribution in [0.1, 0.15) is 44.9 Å². The second-order valence-electron chi connectivity index (χ2n) is 6.17. The Balaban J connectivity index is 0.00000484. The summed E-state index contributed by atoms with van der Waals surface area (Å²) in [6.45, 7) is 9.92. The lowest BCUT2D eigenvalue weighted by Crippen LogP contribution is -2.37. The maximum absolute atomic E-state index is 10.3. The molecule has 0 spiro atoms. The molecule has 0 fully saturated rings. The van der Waals surface area contributed by atoms with Gasteiger partial charge >= 0.3 is 0 Å². The zero-order valence-corrected chi connectivity index (χ0v) is 16.7. The summed E-state index contributed by atoms with van der Waals surface area (Å²) in [5, 5.41) is 16.3. The van der Waals surface area contributed by atoms with E-state index in [4.69, 9.17) is 6.42 Å². The largest absolute Gasteiger partial charge is 0.386 e. The molecular formula is C18H28IN3O. The first-order valence-corrected chi connectivity index (χ1v) is 7.62. The summed E-state index contributed by atoms with van der Waals surface area (Å²) in [4.78, 5) is 4.35. The van der Waals surface area contributed by atoms with Gasteiger partial charge in [-0.2, -0.15) is 0 Å². The normalized spacial score (nSPS) is 12.8. The molecule has 0 aliphatic carbocycles. The smallest absolute Gasteiger partial charge is 0.192 e. The third kappa shape index (κ3) is 7.71. The maximum atomic E-state index is 10.3. The average Bonchev–Trinajstić information content (AvgIpc) is 2.49. The molecule has 0 bridgehead atoms. The van der Waals surface area contributed by atoms with Gasteiger partial charge in [0.2, 0.25) is 0 Å². The number of rotatable bonds is 5. The number of aliphatic hydroxyl groups excluding tert-OH is 1. The number of hydrogen-bond donors (Lipinski definition) is 3. The molecule has 1 atom stereocenters. The second-order valence-corrected chi connectivity index (χ2v) is 6.17. The molecule has 4 nitrogen and oxygen atoms in total. The first kappa shape index (κ1) is 21.7. The highest BCUT2D eigenvalue weighted by Crippen LogP contribution is 2.24. The highest BCUT2D eigenvalue weighted by Gasteiger charge is 2.14. The lowest BCUT2D eigenvalue weighted by atomic mass is 9.86. The van der Waals surface area contributed by atoms with Gasteiger partial charge < -0.3 is 15.7 Å². The summed E-state index contributed by atoms with van der Waals surface area (Å²) >= 11 is 0. The van der Waals surface area contributed by atoms with Crippen molar-refractivity contribution in [3.63, 3.8) is 0 Å². The molecular weight excluding hydrogens is 401 g/mol. The minimum atomic E-state index is -0.629.